The van der Waals surface area contributed by atoms with Crippen molar-refractivity contribution < 1.29 is 0 Å². The first kappa shape index (κ1) is 8.37. The maximum absolute atomic E-state index is 5.34. The summed E-state index contributed by atoms with van der Waals surface area (Å²) in [5.41, 5.74) is 5.34. The van der Waals surface area contributed by atoms with E-state index in [0.29, 0.717) is 0 Å². The van der Waals surface area contributed by atoms with Crippen molar-refractivity contribution in [3.63, 3.8) is 0 Å². The summed E-state index contributed by atoms with van der Waals surface area (Å²) in [4.78, 5) is 0. The Morgan fingerprint density at radius 1 is 1.60 bits per heavy atom. The lowest BCUT2D eigenvalue weighted by Crippen LogP contribution is -2.28. The van der Waals surface area contributed by atoms with Crippen LogP contribution in [0, 0.1) is 0 Å². The van der Waals surface area contributed by atoms with Crippen molar-refractivity contribution in [2.24, 2.45) is 5.73 Å². The van der Waals surface area contributed by atoms with Crippen LogP contribution in [0.1, 0.15) is 12.8 Å². The molecule has 3 N–H and O–H groups in total. The minimum Gasteiger partial charge on any atom is -0.329 e. The monoisotopic (exact) mass is 160 g/mol. The fourth-order valence-electron chi connectivity index (χ4n) is 1.17. The zero-order valence-corrected chi connectivity index (χ0v) is 7.12. The Bertz CT molecular complexity index is 81.7. The van der Waals surface area contributed by atoms with Gasteiger partial charge in [0.05, 0.1) is 0 Å². The molecule has 1 rings (SSSR count). The minimum absolute atomic E-state index is 0.761. The normalized spacial score (nSPS) is 25.5. The van der Waals surface area contributed by atoms with Gasteiger partial charge in [-0.3, -0.25) is 0 Å². The molecule has 2 nitrogen and oxygen atoms in total. The van der Waals surface area contributed by atoms with Crippen molar-refractivity contribution in [1.29, 1.82) is 0 Å². The second-order valence-electron chi connectivity index (χ2n) is 2.63. The van der Waals surface area contributed by atoms with Crippen molar-refractivity contribution in [2.45, 2.75) is 18.1 Å². The molecule has 0 amide bonds. The van der Waals surface area contributed by atoms with E-state index in [0.717, 1.165) is 24.9 Å². The van der Waals surface area contributed by atoms with Gasteiger partial charge in [-0.2, -0.15) is 11.8 Å². The minimum atomic E-state index is 0.761. The Hall–Kier alpha value is 0.270. The van der Waals surface area contributed by atoms with Crippen LogP contribution in [0.4, 0.5) is 0 Å². The van der Waals surface area contributed by atoms with Crippen LogP contribution in [0.15, 0.2) is 0 Å². The Labute approximate surface area is 66.9 Å². The van der Waals surface area contributed by atoms with Gasteiger partial charge in [0.2, 0.25) is 0 Å². The maximum Gasteiger partial charge on any atom is 0.0172 e. The van der Waals surface area contributed by atoms with Crippen LogP contribution in [0.3, 0.4) is 0 Å². The van der Waals surface area contributed by atoms with E-state index in [-0.39, 0.29) is 0 Å². The molecule has 1 aliphatic heterocycles. The van der Waals surface area contributed by atoms with E-state index in [9.17, 15) is 0 Å². The molecule has 0 aliphatic carbocycles. The van der Waals surface area contributed by atoms with E-state index in [1.165, 1.54) is 18.6 Å². The van der Waals surface area contributed by atoms with Crippen LogP contribution in [-0.2, 0) is 0 Å². The average Bonchev–Trinajstić information content (AvgIpc) is 2.41. The lowest BCUT2D eigenvalue weighted by Gasteiger charge is -2.07. The molecular formula is C7H16N2S. The molecule has 0 radical (unpaired) electrons. The first-order chi connectivity index (χ1) is 4.93. The molecule has 0 spiro atoms. The standard InChI is InChI=1S/C7H16N2S/c8-3-4-9-6-7-2-1-5-10-7/h7,9H,1-6,8H2. The smallest absolute Gasteiger partial charge is 0.0172 e. The second-order valence-corrected chi connectivity index (χ2v) is 4.04. The van der Waals surface area contributed by atoms with Crippen molar-refractivity contribution in [1.82, 2.24) is 5.32 Å². The Morgan fingerprint density at radius 3 is 3.10 bits per heavy atom. The van der Waals surface area contributed by atoms with Gasteiger partial charge >= 0.3 is 0 Å². The van der Waals surface area contributed by atoms with E-state index in [2.05, 4.69) is 17.1 Å². The number of hydrogen-bond donors (Lipinski definition) is 2. The molecule has 60 valence electrons. The Kier molecular flexibility index (Phi) is 4.18. The molecule has 1 saturated heterocycles. The van der Waals surface area contributed by atoms with Gasteiger partial charge in [0.15, 0.2) is 0 Å². The highest BCUT2D eigenvalue weighted by molar-refractivity contribution is 8.00. The zero-order chi connectivity index (χ0) is 7.23. The van der Waals surface area contributed by atoms with Gasteiger partial charge < -0.3 is 11.1 Å². The predicted octanol–water partition coefficient (Wildman–Crippen LogP) is 0.430. The van der Waals surface area contributed by atoms with E-state index in [1.54, 1.807) is 0 Å². The number of thioether (sulfide) groups is 1. The summed E-state index contributed by atoms with van der Waals surface area (Å²) >= 11 is 2.09. The van der Waals surface area contributed by atoms with Gasteiger partial charge in [-0.05, 0) is 18.6 Å². The average molecular weight is 160 g/mol. The molecule has 10 heavy (non-hydrogen) atoms. The van der Waals surface area contributed by atoms with Gasteiger partial charge in [-0.1, -0.05) is 0 Å². The SMILES string of the molecule is NCCNCC1CCCS1. The van der Waals surface area contributed by atoms with E-state index >= 15 is 0 Å². The second kappa shape index (κ2) is 4.99. The summed E-state index contributed by atoms with van der Waals surface area (Å²) in [5.74, 6) is 1.36. The summed E-state index contributed by atoms with van der Waals surface area (Å²) in [6.45, 7) is 2.89. The Balaban J connectivity index is 1.91. The molecule has 0 saturated carbocycles. The number of rotatable bonds is 4. The topological polar surface area (TPSA) is 38.0 Å². The highest BCUT2D eigenvalue weighted by Gasteiger charge is 2.13. The highest BCUT2D eigenvalue weighted by atomic mass is 32.2. The third-order valence-electron chi connectivity index (χ3n) is 1.72. The molecule has 0 aromatic carbocycles. The van der Waals surface area contributed by atoms with Crippen LogP contribution in [-0.4, -0.2) is 30.6 Å². The zero-order valence-electron chi connectivity index (χ0n) is 6.31. The lowest BCUT2D eigenvalue weighted by molar-refractivity contribution is 0.649. The molecule has 1 heterocycles. The molecule has 0 aromatic heterocycles. The molecule has 0 aromatic rings. The van der Waals surface area contributed by atoms with Gasteiger partial charge in [0.1, 0.15) is 0 Å². The largest absolute Gasteiger partial charge is 0.329 e. The molecule has 3 heteroatoms. The first-order valence-corrected chi connectivity index (χ1v) is 5.00. The molecule has 1 unspecified atom stereocenters. The number of nitrogens with two attached hydrogens (primary N) is 1. The van der Waals surface area contributed by atoms with Crippen LogP contribution >= 0.6 is 11.8 Å². The fraction of sp³-hybridized carbons (Fsp3) is 1.00. The maximum atomic E-state index is 5.34. The van der Waals surface area contributed by atoms with Gasteiger partial charge in [0.25, 0.3) is 0 Å². The van der Waals surface area contributed by atoms with Crippen LogP contribution in [0.25, 0.3) is 0 Å². The van der Waals surface area contributed by atoms with Crippen LogP contribution in [0.2, 0.25) is 0 Å². The van der Waals surface area contributed by atoms with Gasteiger partial charge in [-0.25, -0.2) is 0 Å². The van der Waals surface area contributed by atoms with E-state index in [1.807, 2.05) is 0 Å². The van der Waals surface area contributed by atoms with E-state index in [4.69, 9.17) is 5.73 Å². The van der Waals surface area contributed by atoms with Crippen molar-refractivity contribution in [3.8, 4) is 0 Å². The molecule has 1 atom stereocenters. The molecule has 0 bridgehead atoms. The fourth-order valence-corrected chi connectivity index (χ4v) is 2.41. The summed E-state index contributed by atoms with van der Waals surface area (Å²) in [6.07, 6.45) is 2.79. The van der Waals surface area contributed by atoms with E-state index < -0.39 is 0 Å². The third-order valence-corrected chi connectivity index (χ3v) is 3.12. The Morgan fingerprint density at radius 2 is 2.50 bits per heavy atom. The van der Waals surface area contributed by atoms with Gasteiger partial charge in [-0.15, -0.1) is 0 Å². The number of nitrogens with one attached hydrogen (secondary N) is 1. The first-order valence-electron chi connectivity index (χ1n) is 3.96. The van der Waals surface area contributed by atoms with Crippen LogP contribution in [0.5, 0.6) is 0 Å². The predicted molar refractivity (Wildman–Crippen MR) is 47.4 cm³/mol. The lowest BCUT2D eigenvalue weighted by atomic mass is 10.2. The summed E-state index contributed by atoms with van der Waals surface area (Å²) in [5, 5.41) is 4.20. The summed E-state index contributed by atoms with van der Waals surface area (Å²) < 4.78 is 0. The van der Waals surface area contributed by atoms with Crippen molar-refractivity contribution in [3.05, 3.63) is 0 Å². The molecular weight excluding hydrogens is 144 g/mol. The molecule has 1 fully saturated rings. The highest BCUT2D eigenvalue weighted by Crippen LogP contribution is 2.24. The summed E-state index contributed by atoms with van der Waals surface area (Å²) in [6, 6.07) is 0. The number of hydrogen-bond acceptors (Lipinski definition) is 3. The van der Waals surface area contributed by atoms with Crippen molar-refractivity contribution in [2.75, 3.05) is 25.4 Å². The van der Waals surface area contributed by atoms with Crippen LogP contribution < -0.4 is 11.1 Å². The third kappa shape index (κ3) is 2.90. The summed E-state index contributed by atoms with van der Waals surface area (Å²) in [7, 11) is 0. The van der Waals surface area contributed by atoms with Crippen molar-refractivity contribution >= 4 is 11.8 Å². The van der Waals surface area contributed by atoms with Gasteiger partial charge in [0, 0.05) is 24.9 Å². The molecule has 1 aliphatic rings. The quantitative estimate of drug-likeness (QED) is 0.586.